The van der Waals surface area contributed by atoms with Crippen LogP contribution in [0.25, 0.3) is 0 Å². The number of aliphatic hydroxyl groups is 2. The van der Waals surface area contributed by atoms with Gasteiger partial charge in [-0.25, -0.2) is 4.98 Å². The van der Waals surface area contributed by atoms with Crippen LogP contribution in [0.5, 0.6) is 0 Å². The van der Waals surface area contributed by atoms with Gasteiger partial charge in [0.15, 0.2) is 0 Å². The predicted octanol–water partition coefficient (Wildman–Crippen LogP) is -0.507. The number of rotatable bonds is 4. The quantitative estimate of drug-likeness (QED) is 0.614. The summed E-state index contributed by atoms with van der Waals surface area (Å²) in [6.07, 6.45) is -1.80. The summed E-state index contributed by atoms with van der Waals surface area (Å²) in [5.41, 5.74) is 5.73. The van der Waals surface area contributed by atoms with Gasteiger partial charge in [-0.05, 0) is 6.07 Å². The predicted molar refractivity (Wildman–Crippen MR) is 61.0 cm³/mol. The van der Waals surface area contributed by atoms with Crippen molar-refractivity contribution in [2.24, 2.45) is 0 Å². The lowest BCUT2D eigenvalue weighted by Gasteiger charge is -2.17. The van der Waals surface area contributed by atoms with E-state index in [4.69, 9.17) is 11.0 Å². The largest absolute Gasteiger partial charge is 0.469 e. The van der Waals surface area contributed by atoms with E-state index in [0.717, 1.165) is 0 Å². The van der Waals surface area contributed by atoms with Gasteiger partial charge < -0.3 is 20.7 Å². The lowest BCUT2D eigenvalue weighted by Crippen LogP contribution is -2.23. The number of nitriles is 1. The van der Waals surface area contributed by atoms with Gasteiger partial charge in [0.2, 0.25) is 0 Å². The molecule has 0 saturated carbocycles. The number of pyridine rings is 1. The third-order valence-corrected chi connectivity index (χ3v) is 2.37. The molecule has 7 heteroatoms. The zero-order chi connectivity index (χ0) is 13.7. The first-order valence-corrected chi connectivity index (χ1v) is 5.08. The molecule has 4 N–H and O–H groups in total. The van der Waals surface area contributed by atoms with Gasteiger partial charge in [0, 0.05) is 11.8 Å². The van der Waals surface area contributed by atoms with Crippen molar-refractivity contribution in [3.8, 4) is 6.07 Å². The van der Waals surface area contributed by atoms with Crippen molar-refractivity contribution in [3.63, 3.8) is 0 Å². The van der Waals surface area contributed by atoms with Crippen molar-refractivity contribution in [2.75, 3.05) is 12.8 Å². The topological polar surface area (TPSA) is 129 Å². The number of aromatic nitrogens is 1. The monoisotopic (exact) mass is 251 g/mol. The van der Waals surface area contributed by atoms with Crippen LogP contribution in [0.15, 0.2) is 12.3 Å². The van der Waals surface area contributed by atoms with Gasteiger partial charge in [0.25, 0.3) is 0 Å². The molecule has 0 radical (unpaired) electrons. The van der Waals surface area contributed by atoms with Gasteiger partial charge in [-0.15, -0.1) is 0 Å². The molecule has 0 aliphatic carbocycles. The third-order valence-electron chi connectivity index (χ3n) is 2.37. The Morgan fingerprint density at radius 2 is 2.33 bits per heavy atom. The Labute approximate surface area is 103 Å². The Bertz CT molecular complexity index is 484. The Kier molecular flexibility index (Phi) is 4.59. The van der Waals surface area contributed by atoms with E-state index in [0.29, 0.717) is 0 Å². The summed E-state index contributed by atoms with van der Waals surface area (Å²) in [7, 11) is 1.18. The van der Waals surface area contributed by atoms with E-state index < -0.39 is 18.2 Å². The molecule has 1 heterocycles. The average Bonchev–Trinajstić information content (AvgIpc) is 2.38. The minimum Gasteiger partial charge on any atom is -0.469 e. The molecule has 0 amide bonds. The number of nitrogens with zero attached hydrogens (tertiary/aromatic N) is 2. The highest BCUT2D eigenvalue weighted by Crippen LogP contribution is 2.21. The minimum atomic E-state index is -1.34. The third kappa shape index (κ3) is 3.16. The van der Waals surface area contributed by atoms with Crippen LogP contribution in [0.4, 0.5) is 5.82 Å². The highest BCUT2D eigenvalue weighted by Gasteiger charge is 2.22. The Hall–Kier alpha value is -2.17. The van der Waals surface area contributed by atoms with Crippen LogP contribution in [0, 0.1) is 11.3 Å². The number of nitrogens with two attached hydrogens (primary N) is 1. The van der Waals surface area contributed by atoms with Crippen molar-refractivity contribution < 1.29 is 19.7 Å². The molecular formula is C11H13N3O4. The number of carbonyl (C=O) groups is 1. The molecule has 2 unspecified atom stereocenters. The second-order valence-corrected chi connectivity index (χ2v) is 3.61. The minimum absolute atomic E-state index is 0.0379. The molecule has 96 valence electrons. The Morgan fingerprint density at radius 1 is 1.67 bits per heavy atom. The maximum absolute atomic E-state index is 11.0. The summed E-state index contributed by atoms with van der Waals surface area (Å²) in [6.45, 7) is 0. The second-order valence-electron chi connectivity index (χ2n) is 3.61. The van der Waals surface area contributed by atoms with Crippen LogP contribution >= 0.6 is 0 Å². The van der Waals surface area contributed by atoms with Crippen LogP contribution in [0.1, 0.15) is 23.7 Å². The van der Waals surface area contributed by atoms with Gasteiger partial charge in [-0.1, -0.05) is 0 Å². The summed E-state index contributed by atoms with van der Waals surface area (Å²) < 4.78 is 4.37. The summed E-state index contributed by atoms with van der Waals surface area (Å²) in [6, 6.07) is 3.12. The van der Waals surface area contributed by atoms with Gasteiger partial charge in [0.05, 0.1) is 25.2 Å². The molecule has 0 spiro atoms. The van der Waals surface area contributed by atoms with E-state index in [2.05, 4.69) is 9.72 Å². The molecule has 1 aromatic heterocycles. The van der Waals surface area contributed by atoms with Crippen molar-refractivity contribution in [2.45, 2.75) is 18.6 Å². The van der Waals surface area contributed by atoms with E-state index in [9.17, 15) is 15.0 Å². The molecule has 7 nitrogen and oxygen atoms in total. The van der Waals surface area contributed by atoms with E-state index >= 15 is 0 Å². The molecule has 0 bridgehead atoms. The van der Waals surface area contributed by atoms with Crippen LogP contribution in [-0.4, -0.2) is 34.4 Å². The molecule has 0 fully saturated rings. The highest BCUT2D eigenvalue weighted by atomic mass is 16.5. The Morgan fingerprint density at radius 3 is 2.89 bits per heavy atom. The van der Waals surface area contributed by atoms with E-state index in [1.54, 1.807) is 0 Å². The van der Waals surface area contributed by atoms with E-state index in [1.807, 2.05) is 6.07 Å². The first-order valence-electron chi connectivity index (χ1n) is 5.08. The highest BCUT2D eigenvalue weighted by molar-refractivity contribution is 5.69. The molecular weight excluding hydrogens is 238 g/mol. The first kappa shape index (κ1) is 13.9. The number of anilines is 1. The van der Waals surface area contributed by atoms with Gasteiger partial charge >= 0.3 is 5.97 Å². The molecule has 0 saturated heterocycles. The SMILES string of the molecule is COC(=O)CC(O)C(O)c1cnc(N)c(C#N)c1. The fourth-order valence-corrected chi connectivity index (χ4v) is 1.33. The van der Waals surface area contributed by atoms with E-state index in [1.165, 1.54) is 19.4 Å². The smallest absolute Gasteiger partial charge is 0.308 e. The number of methoxy groups -OCH3 is 1. The van der Waals surface area contributed by atoms with Crippen molar-refractivity contribution in [3.05, 3.63) is 23.4 Å². The number of hydrogen-bond acceptors (Lipinski definition) is 7. The summed E-state index contributed by atoms with van der Waals surface area (Å²) in [5, 5.41) is 28.2. The maximum Gasteiger partial charge on any atom is 0.308 e. The molecule has 0 aliphatic rings. The normalized spacial score (nSPS) is 13.4. The summed E-state index contributed by atoms with van der Waals surface area (Å²) in [5.74, 6) is -0.610. The van der Waals surface area contributed by atoms with Gasteiger partial charge in [-0.3, -0.25) is 4.79 Å². The van der Waals surface area contributed by atoms with Gasteiger partial charge in [0.1, 0.15) is 18.0 Å². The number of esters is 1. The zero-order valence-corrected chi connectivity index (χ0v) is 9.70. The second kappa shape index (κ2) is 5.95. The lowest BCUT2D eigenvalue weighted by atomic mass is 10.0. The van der Waals surface area contributed by atoms with Crippen LogP contribution < -0.4 is 5.73 Å². The standard InChI is InChI=1S/C11H13N3O4/c1-18-9(16)3-8(15)10(17)7-2-6(4-12)11(13)14-5-7/h2,5,8,10,15,17H,3H2,1H3,(H2,13,14). The van der Waals surface area contributed by atoms with Gasteiger partial charge in [-0.2, -0.15) is 5.26 Å². The van der Waals surface area contributed by atoms with E-state index in [-0.39, 0.29) is 23.4 Å². The molecule has 0 aliphatic heterocycles. The number of nitrogen functional groups attached to an aromatic ring is 1. The van der Waals surface area contributed by atoms with Crippen molar-refractivity contribution >= 4 is 11.8 Å². The molecule has 2 atom stereocenters. The molecule has 18 heavy (non-hydrogen) atoms. The van der Waals surface area contributed by atoms with Crippen molar-refractivity contribution in [1.82, 2.24) is 4.98 Å². The zero-order valence-electron chi connectivity index (χ0n) is 9.70. The van der Waals surface area contributed by atoms with Crippen LogP contribution in [-0.2, 0) is 9.53 Å². The summed E-state index contributed by atoms with van der Waals surface area (Å²) >= 11 is 0. The number of hydrogen-bond donors (Lipinski definition) is 3. The fourth-order valence-electron chi connectivity index (χ4n) is 1.33. The number of carbonyl (C=O) groups excluding carboxylic acids is 1. The molecule has 0 aromatic carbocycles. The number of ether oxygens (including phenoxy) is 1. The maximum atomic E-state index is 11.0. The first-order chi connectivity index (χ1) is 8.49. The molecule has 1 aromatic rings. The average molecular weight is 251 g/mol. The number of aliphatic hydroxyl groups excluding tert-OH is 2. The van der Waals surface area contributed by atoms with Crippen LogP contribution in [0.2, 0.25) is 0 Å². The Balaban J connectivity index is 2.87. The molecule has 1 rings (SSSR count). The lowest BCUT2D eigenvalue weighted by molar-refractivity contribution is -0.144. The fraction of sp³-hybridized carbons (Fsp3) is 0.364. The summed E-state index contributed by atoms with van der Waals surface area (Å²) in [4.78, 5) is 14.7. The van der Waals surface area contributed by atoms with Crippen LogP contribution in [0.3, 0.4) is 0 Å². The van der Waals surface area contributed by atoms with Crippen molar-refractivity contribution in [1.29, 1.82) is 5.26 Å².